The molecule has 0 fully saturated rings. The number of benzene rings is 1. The largest absolute Gasteiger partial charge is 0.392 e. The second kappa shape index (κ2) is 4.00. The van der Waals surface area contributed by atoms with Crippen LogP contribution in [-0.4, -0.2) is 14.9 Å². The average molecular weight is 227 g/mol. The molecule has 0 spiro atoms. The van der Waals surface area contributed by atoms with Gasteiger partial charge in [0.25, 0.3) is 0 Å². The van der Waals surface area contributed by atoms with Crippen molar-refractivity contribution < 1.29 is 9.50 Å². The first-order valence-electron chi connectivity index (χ1n) is 4.31. The molecule has 5 heteroatoms. The normalized spacial score (nSPS) is 10.6. The van der Waals surface area contributed by atoms with Gasteiger partial charge in [-0.15, -0.1) is 0 Å². The van der Waals surface area contributed by atoms with Crippen LogP contribution >= 0.6 is 11.6 Å². The molecule has 0 bridgehead atoms. The summed E-state index contributed by atoms with van der Waals surface area (Å²) in [5.41, 5.74) is 1.20. The summed E-state index contributed by atoms with van der Waals surface area (Å²) in [4.78, 5) is 0. The Labute approximate surface area is 90.7 Å². The van der Waals surface area contributed by atoms with E-state index in [2.05, 4.69) is 5.10 Å². The van der Waals surface area contributed by atoms with E-state index in [1.807, 2.05) is 0 Å². The molecule has 0 saturated heterocycles. The van der Waals surface area contributed by atoms with Gasteiger partial charge in [-0.1, -0.05) is 11.6 Å². The molecule has 1 heterocycles. The highest BCUT2D eigenvalue weighted by Crippen LogP contribution is 2.20. The van der Waals surface area contributed by atoms with Gasteiger partial charge in [-0.05, 0) is 24.3 Å². The van der Waals surface area contributed by atoms with E-state index in [-0.39, 0.29) is 12.4 Å². The number of aliphatic hydroxyl groups is 1. The maximum atomic E-state index is 12.7. The summed E-state index contributed by atoms with van der Waals surface area (Å²) < 4.78 is 14.1. The van der Waals surface area contributed by atoms with Gasteiger partial charge in [0.1, 0.15) is 11.0 Å². The van der Waals surface area contributed by atoms with Crippen molar-refractivity contribution >= 4 is 11.6 Å². The van der Waals surface area contributed by atoms with Crippen LogP contribution in [0.4, 0.5) is 4.39 Å². The summed E-state index contributed by atoms with van der Waals surface area (Å²) in [5.74, 6) is -0.315. The van der Waals surface area contributed by atoms with Crippen molar-refractivity contribution in [3.05, 3.63) is 47.0 Å². The maximum Gasteiger partial charge on any atom is 0.138 e. The molecule has 2 rings (SSSR count). The third kappa shape index (κ3) is 1.86. The van der Waals surface area contributed by atoms with E-state index in [4.69, 9.17) is 16.7 Å². The monoisotopic (exact) mass is 226 g/mol. The van der Waals surface area contributed by atoms with Crippen molar-refractivity contribution in [2.45, 2.75) is 6.61 Å². The minimum Gasteiger partial charge on any atom is -0.392 e. The maximum absolute atomic E-state index is 12.7. The van der Waals surface area contributed by atoms with E-state index in [0.717, 1.165) is 0 Å². The first-order chi connectivity index (χ1) is 7.22. The van der Waals surface area contributed by atoms with Crippen LogP contribution in [0.2, 0.25) is 5.15 Å². The number of halogens is 2. The van der Waals surface area contributed by atoms with Crippen molar-refractivity contribution in [3.8, 4) is 5.69 Å². The zero-order valence-electron chi connectivity index (χ0n) is 7.69. The lowest BCUT2D eigenvalue weighted by molar-refractivity contribution is 0.282. The van der Waals surface area contributed by atoms with Crippen LogP contribution in [0.15, 0.2) is 30.5 Å². The fourth-order valence-electron chi connectivity index (χ4n) is 1.24. The minimum absolute atomic E-state index is 0.167. The third-order valence-corrected chi connectivity index (χ3v) is 2.42. The van der Waals surface area contributed by atoms with Crippen LogP contribution in [0.1, 0.15) is 5.56 Å². The molecule has 1 aromatic carbocycles. The van der Waals surface area contributed by atoms with Crippen molar-refractivity contribution in [1.29, 1.82) is 0 Å². The molecule has 0 atom stereocenters. The van der Waals surface area contributed by atoms with Gasteiger partial charge in [0.2, 0.25) is 0 Å². The van der Waals surface area contributed by atoms with E-state index in [1.165, 1.54) is 23.0 Å². The van der Waals surface area contributed by atoms with E-state index in [9.17, 15) is 4.39 Å². The molecule has 2 aromatic rings. The number of nitrogens with zero attached hydrogens (tertiary/aromatic N) is 2. The summed E-state index contributed by atoms with van der Waals surface area (Å²) in [6.45, 7) is -0.167. The van der Waals surface area contributed by atoms with Gasteiger partial charge in [0.05, 0.1) is 18.5 Å². The van der Waals surface area contributed by atoms with Crippen molar-refractivity contribution in [2.24, 2.45) is 0 Å². The lowest BCUT2D eigenvalue weighted by Gasteiger charge is -2.02. The topological polar surface area (TPSA) is 38.1 Å². The van der Waals surface area contributed by atoms with E-state index in [0.29, 0.717) is 16.4 Å². The fourth-order valence-corrected chi connectivity index (χ4v) is 1.49. The Hall–Kier alpha value is -1.39. The summed E-state index contributed by atoms with van der Waals surface area (Å²) in [6.07, 6.45) is 1.48. The highest BCUT2D eigenvalue weighted by Gasteiger charge is 2.08. The second-order valence-corrected chi connectivity index (χ2v) is 3.36. The standard InChI is InChI=1S/C10H8ClFN2O/c11-10-7(6-15)5-13-14(10)9-3-1-8(12)2-4-9/h1-5,15H,6H2. The van der Waals surface area contributed by atoms with Crippen molar-refractivity contribution in [2.75, 3.05) is 0 Å². The zero-order valence-corrected chi connectivity index (χ0v) is 8.45. The highest BCUT2D eigenvalue weighted by atomic mass is 35.5. The quantitative estimate of drug-likeness (QED) is 0.852. The van der Waals surface area contributed by atoms with E-state index >= 15 is 0 Å². The van der Waals surface area contributed by atoms with Gasteiger partial charge in [0.15, 0.2) is 0 Å². The van der Waals surface area contributed by atoms with Crippen LogP contribution in [0.5, 0.6) is 0 Å². The van der Waals surface area contributed by atoms with E-state index < -0.39 is 0 Å². The SMILES string of the molecule is OCc1cnn(-c2ccc(F)cc2)c1Cl. The number of rotatable bonds is 2. The second-order valence-electron chi connectivity index (χ2n) is 3.01. The van der Waals surface area contributed by atoms with Crippen LogP contribution < -0.4 is 0 Å². The Bertz CT molecular complexity index is 467. The number of aromatic nitrogens is 2. The molecule has 0 aliphatic heterocycles. The predicted octanol–water partition coefficient (Wildman–Crippen LogP) is 2.16. The number of hydrogen-bond acceptors (Lipinski definition) is 2. The molecule has 0 saturated carbocycles. The zero-order chi connectivity index (χ0) is 10.8. The van der Waals surface area contributed by atoms with Gasteiger partial charge < -0.3 is 5.11 Å². The van der Waals surface area contributed by atoms with Crippen LogP contribution in [0.3, 0.4) is 0 Å². The number of hydrogen-bond donors (Lipinski definition) is 1. The Kier molecular flexibility index (Phi) is 2.70. The third-order valence-electron chi connectivity index (χ3n) is 2.02. The molecule has 0 aliphatic rings. The predicted molar refractivity (Wildman–Crippen MR) is 54.5 cm³/mol. The van der Waals surface area contributed by atoms with Gasteiger partial charge in [0, 0.05) is 5.56 Å². The molecule has 0 aliphatic carbocycles. The lowest BCUT2D eigenvalue weighted by Crippen LogP contribution is -1.96. The van der Waals surface area contributed by atoms with Gasteiger partial charge >= 0.3 is 0 Å². The van der Waals surface area contributed by atoms with Crippen molar-refractivity contribution in [3.63, 3.8) is 0 Å². The molecule has 1 N–H and O–H groups in total. The smallest absolute Gasteiger partial charge is 0.138 e. The molecule has 0 amide bonds. The van der Waals surface area contributed by atoms with Crippen molar-refractivity contribution in [1.82, 2.24) is 9.78 Å². The van der Waals surface area contributed by atoms with E-state index in [1.54, 1.807) is 12.1 Å². The fraction of sp³-hybridized carbons (Fsp3) is 0.100. The Morgan fingerprint density at radius 2 is 2.00 bits per heavy atom. The minimum atomic E-state index is -0.315. The Morgan fingerprint density at radius 3 is 2.53 bits per heavy atom. The summed E-state index contributed by atoms with van der Waals surface area (Å²) in [6, 6.07) is 5.78. The van der Waals surface area contributed by atoms with Gasteiger partial charge in [-0.25, -0.2) is 9.07 Å². The molecule has 0 unspecified atom stereocenters. The van der Waals surface area contributed by atoms with Gasteiger partial charge in [-0.3, -0.25) is 0 Å². The highest BCUT2D eigenvalue weighted by molar-refractivity contribution is 6.30. The van der Waals surface area contributed by atoms with Crippen LogP contribution in [0.25, 0.3) is 5.69 Å². The summed E-state index contributed by atoms with van der Waals surface area (Å²) in [7, 11) is 0. The molecule has 78 valence electrons. The average Bonchev–Trinajstić information content (AvgIpc) is 2.61. The summed E-state index contributed by atoms with van der Waals surface area (Å²) in [5, 5.41) is 13.3. The molecule has 15 heavy (non-hydrogen) atoms. The Balaban J connectivity index is 2.45. The Morgan fingerprint density at radius 1 is 1.33 bits per heavy atom. The molecule has 0 radical (unpaired) electrons. The van der Waals surface area contributed by atoms with Gasteiger partial charge in [-0.2, -0.15) is 5.10 Å². The lowest BCUT2D eigenvalue weighted by atomic mass is 10.3. The van der Waals surface area contributed by atoms with Crippen LogP contribution in [0, 0.1) is 5.82 Å². The molecule has 1 aromatic heterocycles. The van der Waals surface area contributed by atoms with Crippen LogP contribution in [-0.2, 0) is 6.61 Å². The summed E-state index contributed by atoms with van der Waals surface area (Å²) >= 11 is 5.95. The first kappa shape index (κ1) is 10.1. The molecular formula is C10H8ClFN2O. The molecule has 3 nitrogen and oxygen atoms in total. The number of aliphatic hydroxyl groups excluding tert-OH is 1. The first-order valence-corrected chi connectivity index (χ1v) is 4.69. The molecular weight excluding hydrogens is 219 g/mol.